The molecule has 0 unspecified atom stereocenters. The van der Waals surface area contributed by atoms with Crippen molar-refractivity contribution in [3.63, 3.8) is 0 Å². The van der Waals surface area contributed by atoms with Gasteiger partial charge in [-0.1, -0.05) is 29.8 Å². The van der Waals surface area contributed by atoms with E-state index in [9.17, 15) is 19.1 Å². The molecule has 0 fully saturated rings. The number of imide groups is 1. The number of nitrogens with zero attached hydrogens (tertiary/aromatic N) is 1. The predicted octanol–water partition coefficient (Wildman–Crippen LogP) is 3.65. The molecule has 6 heteroatoms. The zero-order valence-electron chi connectivity index (χ0n) is 15.0. The summed E-state index contributed by atoms with van der Waals surface area (Å²) in [7, 11) is 0. The van der Waals surface area contributed by atoms with Crippen molar-refractivity contribution in [2.75, 3.05) is 4.90 Å². The Hall–Kier alpha value is -2.73. The lowest BCUT2D eigenvalue weighted by molar-refractivity contribution is -0.131. The van der Waals surface area contributed by atoms with Crippen molar-refractivity contribution in [3.8, 4) is 0 Å². The van der Waals surface area contributed by atoms with Crippen LogP contribution in [0.3, 0.4) is 0 Å². The summed E-state index contributed by atoms with van der Waals surface area (Å²) in [6.45, 7) is 6.88. The molecule has 3 rings (SSSR count). The van der Waals surface area contributed by atoms with Crippen molar-refractivity contribution in [3.05, 3.63) is 65.0 Å². The molecule has 0 saturated carbocycles. The molecule has 0 radical (unpaired) electrons. The number of hydrogen-bond acceptors (Lipinski definition) is 4. The minimum absolute atomic E-state index is 0.182. The number of anilines is 1. The van der Waals surface area contributed by atoms with E-state index in [-0.39, 0.29) is 16.8 Å². The van der Waals surface area contributed by atoms with Crippen LogP contribution in [0.2, 0.25) is 0 Å². The fourth-order valence-corrected chi connectivity index (χ4v) is 2.98. The van der Waals surface area contributed by atoms with Crippen molar-refractivity contribution in [1.29, 1.82) is 0 Å². The highest BCUT2D eigenvalue weighted by molar-refractivity contribution is 6.21. The van der Waals surface area contributed by atoms with Crippen LogP contribution in [0.4, 0.5) is 14.9 Å². The molecule has 136 valence electrons. The van der Waals surface area contributed by atoms with E-state index in [4.69, 9.17) is 4.74 Å². The lowest BCUT2D eigenvalue weighted by Gasteiger charge is -2.25. The van der Waals surface area contributed by atoms with Gasteiger partial charge in [-0.2, -0.15) is 0 Å². The van der Waals surface area contributed by atoms with Crippen LogP contribution < -0.4 is 4.90 Å². The number of rotatable bonds is 1. The van der Waals surface area contributed by atoms with Crippen LogP contribution >= 0.6 is 0 Å². The van der Waals surface area contributed by atoms with Crippen LogP contribution in [0.15, 0.2) is 42.5 Å². The molecule has 1 aliphatic heterocycles. The first-order chi connectivity index (χ1) is 12.0. The monoisotopic (exact) mass is 357 g/mol. The number of aryl methyl sites for hydroxylation is 1. The van der Waals surface area contributed by atoms with E-state index >= 15 is 0 Å². The minimum atomic E-state index is -2.09. The van der Waals surface area contributed by atoms with Gasteiger partial charge in [-0.3, -0.25) is 4.79 Å². The highest BCUT2D eigenvalue weighted by Gasteiger charge is 2.54. The van der Waals surface area contributed by atoms with Gasteiger partial charge in [0.15, 0.2) is 5.60 Å². The van der Waals surface area contributed by atoms with E-state index in [1.807, 2.05) is 6.92 Å². The molecule has 2 aromatic carbocycles. The second-order valence-corrected chi connectivity index (χ2v) is 7.36. The maximum atomic E-state index is 13.3. The molecule has 0 saturated heterocycles. The first-order valence-electron chi connectivity index (χ1n) is 8.21. The summed E-state index contributed by atoms with van der Waals surface area (Å²) in [5, 5.41) is 11.3. The lowest BCUT2D eigenvalue weighted by Crippen LogP contribution is -2.45. The number of amides is 2. The van der Waals surface area contributed by atoms with Crippen LogP contribution in [-0.2, 0) is 15.1 Å². The van der Waals surface area contributed by atoms with Gasteiger partial charge in [0, 0.05) is 5.56 Å². The molecule has 1 atom stereocenters. The largest absolute Gasteiger partial charge is 0.443 e. The van der Waals surface area contributed by atoms with Gasteiger partial charge in [0.1, 0.15) is 11.4 Å². The summed E-state index contributed by atoms with van der Waals surface area (Å²) in [6.07, 6.45) is -0.870. The number of ether oxygens (including phenoxy) is 1. The Morgan fingerprint density at radius 2 is 1.77 bits per heavy atom. The van der Waals surface area contributed by atoms with Crippen LogP contribution in [0, 0.1) is 12.7 Å². The van der Waals surface area contributed by atoms with E-state index < -0.39 is 29.0 Å². The maximum absolute atomic E-state index is 13.3. The number of fused-ring (bicyclic) bond motifs is 1. The maximum Gasteiger partial charge on any atom is 0.421 e. The Morgan fingerprint density at radius 3 is 2.35 bits per heavy atom. The summed E-state index contributed by atoms with van der Waals surface area (Å²) in [4.78, 5) is 26.5. The average molecular weight is 357 g/mol. The Labute approximate surface area is 151 Å². The van der Waals surface area contributed by atoms with Crippen LogP contribution in [0.1, 0.15) is 37.5 Å². The second kappa shape index (κ2) is 5.92. The number of benzene rings is 2. The smallest absolute Gasteiger partial charge is 0.421 e. The summed E-state index contributed by atoms with van der Waals surface area (Å²) < 4.78 is 18.6. The summed E-state index contributed by atoms with van der Waals surface area (Å²) in [6, 6.07) is 9.95. The molecule has 0 bridgehead atoms. The van der Waals surface area contributed by atoms with E-state index in [1.54, 1.807) is 39.0 Å². The lowest BCUT2D eigenvalue weighted by atomic mass is 9.87. The number of hydrogen-bond donors (Lipinski definition) is 1. The Kier molecular flexibility index (Phi) is 4.11. The average Bonchev–Trinajstić information content (AvgIpc) is 2.75. The Bertz CT molecular complexity index is 886. The third-order valence-corrected chi connectivity index (χ3v) is 4.13. The van der Waals surface area contributed by atoms with E-state index in [0.29, 0.717) is 0 Å². The molecular weight excluding hydrogens is 337 g/mol. The highest BCUT2D eigenvalue weighted by atomic mass is 19.1. The SMILES string of the molecule is Cc1ccc2c(c1)[C@](O)(c1ccc(F)cc1)C(=O)N2C(=O)OC(C)(C)C. The second-order valence-electron chi connectivity index (χ2n) is 7.36. The molecule has 2 aromatic rings. The summed E-state index contributed by atoms with van der Waals surface area (Å²) in [5.41, 5.74) is -1.39. The fraction of sp³-hybridized carbons (Fsp3) is 0.300. The third kappa shape index (κ3) is 2.86. The molecule has 1 N–H and O–H groups in total. The quantitative estimate of drug-likeness (QED) is 0.846. The van der Waals surface area contributed by atoms with Crippen molar-refractivity contribution in [2.45, 2.75) is 38.9 Å². The molecule has 0 spiro atoms. The van der Waals surface area contributed by atoms with E-state index in [0.717, 1.165) is 22.6 Å². The standard InChI is InChI=1S/C20H20FNO4/c1-12-5-10-16-15(11-12)20(25,13-6-8-14(21)9-7-13)17(23)22(16)18(24)26-19(2,3)4/h5-11,25H,1-4H3/t20-/m1/s1. The zero-order valence-corrected chi connectivity index (χ0v) is 15.0. The Morgan fingerprint density at radius 1 is 1.15 bits per heavy atom. The minimum Gasteiger partial charge on any atom is -0.443 e. The zero-order chi connectivity index (χ0) is 19.3. The number of aliphatic hydroxyl groups is 1. The molecule has 26 heavy (non-hydrogen) atoms. The predicted molar refractivity (Wildman–Crippen MR) is 94.3 cm³/mol. The number of halogens is 1. The van der Waals surface area contributed by atoms with Gasteiger partial charge in [-0.15, -0.1) is 0 Å². The molecular formula is C20H20FNO4. The van der Waals surface area contributed by atoms with Gasteiger partial charge in [0.2, 0.25) is 0 Å². The molecule has 1 heterocycles. The molecule has 2 amide bonds. The highest BCUT2D eigenvalue weighted by Crippen LogP contribution is 2.45. The van der Waals surface area contributed by atoms with Crippen LogP contribution in [0.25, 0.3) is 0 Å². The molecule has 1 aliphatic rings. The molecule has 5 nitrogen and oxygen atoms in total. The first kappa shape index (κ1) is 18.1. The van der Waals surface area contributed by atoms with Crippen molar-refractivity contribution >= 4 is 17.7 Å². The summed E-state index contributed by atoms with van der Waals surface area (Å²) >= 11 is 0. The van der Waals surface area contributed by atoms with Crippen LogP contribution in [0.5, 0.6) is 0 Å². The normalized spacial score (nSPS) is 19.5. The number of carbonyl (C=O) groups is 2. The molecule has 0 aromatic heterocycles. The topological polar surface area (TPSA) is 66.8 Å². The van der Waals surface area contributed by atoms with E-state index in [2.05, 4.69) is 0 Å². The number of carbonyl (C=O) groups excluding carboxylic acids is 2. The van der Waals surface area contributed by atoms with Crippen molar-refractivity contribution in [2.24, 2.45) is 0 Å². The fourth-order valence-electron chi connectivity index (χ4n) is 2.98. The van der Waals surface area contributed by atoms with Gasteiger partial charge in [0.05, 0.1) is 5.69 Å². The third-order valence-electron chi connectivity index (χ3n) is 4.13. The van der Waals surface area contributed by atoms with Gasteiger partial charge in [-0.05, 0) is 51.5 Å². The van der Waals surface area contributed by atoms with Crippen molar-refractivity contribution in [1.82, 2.24) is 0 Å². The van der Waals surface area contributed by atoms with E-state index in [1.165, 1.54) is 12.1 Å². The van der Waals surface area contributed by atoms with Crippen molar-refractivity contribution < 1.29 is 23.8 Å². The molecule has 0 aliphatic carbocycles. The Balaban J connectivity index is 2.16. The van der Waals surface area contributed by atoms with Gasteiger partial charge >= 0.3 is 6.09 Å². The summed E-state index contributed by atoms with van der Waals surface area (Å²) in [5.74, 6) is -1.34. The van der Waals surface area contributed by atoms with Gasteiger partial charge in [0.25, 0.3) is 5.91 Å². The van der Waals surface area contributed by atoms with Crippen LogP contribution in [-0.4, -0.2) is 22.7 Å². The van der Waals surface area contributed by atoms with Gasteiger partial charge < -0.3 is 9.84 Å². The first-order valence-corrected chi connectivity index (χ1v) is 8.21. The van der Waals surface area contributed by atoms with Gasteiger partial charge in [-0.25, -0.2) is 14.1 Å².